The van der Waals surface area contributed by atoms with Gasteiger partial charge in [0.15, 0.2) is 5.78 Å². The summed E-state index contributed by atoms with van der Waals surface area (Å²) in [5.74, 6) is -0.918. The van der Waals surface area contributed by atoms with Crippen LogP contribution in [0.5, 0.6) is 5.75 Å². The van der Waals surface area contributed by atoms with Crippen molar-refractivity contribution in [2.75, 3.05) is 5.88 Å². The Morgan fingerprint density at radius 1 is 1.47 bits per heavy atom. The fourth-order valence-electron chi connectivity index (χ4n) is 0.913. The maximum atomic E-state index is 12.1. The third-order valence-electron chi connectivity index (χ3n) is 1.47. The smallest absolute Gasteiger partial charge is 0.358 e. The molecular formula is C8H6ClFO4S. The van der Waals surface area contributed by atoms with E-state index in [2.05, 4.69) is 4.18 Å². The van der Waals surface area contributed by atoms with Gasteiger partial charge in [-0.3, -0.25) is 4.79 Å². The van der Waals surface area contributed by atoms with Crippen LogP contribution in [0.3, 0.4) is 0 Å². The number of carbonyl (C=O) groups excluding carboxylic acids is 1. The summed E-state index contributed by atoms with van der Waals surface area (Å²) >= 11 is 5.29. The average Bonchev–Trinajstić information content (AvgIpc) is 2.14. The lowest BCUT2D eigenvalue weighted by molar-refractivity contribution is 0.102. The standard InChI is InChI=1S/C8H6ClFO4S/c9-5-8(11)6-2-1-3-7(4-6)14-15(10,12)13/h1-4H,5H2. The summed E-state index contributed by atoms with van der Waals surface area (Å²) in [4.78, 5) is 11.1. The van der Waals surface area contributed by atoms with E-state index >= 15 is 0 Å². The second-order valence-corrected chi connectivity index (χ2v) is 3.78. The van der Waals surface area contributed by atoms with Gasteiger partial charge in [-0.2, -0.15) is 8.42 Å². The number of Topliss-reactive ketones (excluding diaryl/α,β-unsaturated/α-hetero) is 1. The van der Waals surface area contributed by atoms with Crippen molar-refractivity contribution in [2.45, 2.75) is 0 Å². The van der Waals surface area contributed by atoms with Crippen molar-refractivity contribution in [3.8, 4) is 5.75 Å². The first-order chi connectivity index (χ1) is 6.92. The third-order valence-corrected chi connectivity index (χ3v) is 2.11. The molecule has 0 radical (unpaired) electrons. The van der Waals surface area contributed by atoms with Crippen LogP contribution in [0.1, 0.15) is 10.4 Å². The van der Waals surface area contributed by atoms with Crippen molar-refractivity contribution in [1.29, 1.82) is 0 Å². The van der Waals surface area contributed by atoms with Crippen LogP contribution in [0.2, 0.25) is 0 Å². The van der Waals surface area contributed by atoms with E-state index in [0.717, 1.165) is 6.07 Å². The SMILES string of the molecule is O=C(CCl)c1cccc(OS(=O)(=O)F)c1. The van der Waals surface area contributed by atoms with E-state index in [4.69, 9.17) is 11.6 Å². The number of carbonyl (C=O) groups is 1. The number of rotatable bonds is 4. The van der Waals surface area contributed by atoms with Gasteiger partial charge in [0, 0.05) is 5.56 Å². The number of hydrogen-bond donors (Lipinski definition) is 0. The topological polar surface area (TPSA) is 60.4 Å². The fraction of sp³-hybridized carbons (Fsp3) is 0.125. The molecule has 0 aliphatic carbocycles. The Labute approximate surface area is 91.0 Å². The number of hydrogen-bond acceptors (Lipinski definition) is 4. The van der Waals surface area contributed by atoms with Crippen LogP contribution in [0, 0.1) is 0 Å². The molecule has 0 aliphatic heterocycles. The molecule has 0 aliphatic rings. The molecule has 0 unspecified atom stereocenters. The largest absolute Gasteiger partial charge is 0.488 e. The average molecular weight is 253 g/mol. The van der Waals surface area contributed by atoms with Gasteiger partial charge in [0.1, 0.15) is 5.75 Å². The summed E-state index contributed by atoms with van der Waals surface area (Å²) in [6.07, 6.45) is 0. The molecule has 0 heterocycles. The Bertz CT molecular complexity index is 471. The lowest BCUT2D eigenvalue weighted by Crippen LogP contribution is -2.04. The van der Waals surface area contributed by atoms with E-state index in [-0.39, 0.29) is 17.2 Å². The molecule has 0 N–H and O–H groups in total. The molecule has 82 valence electrons. The summed E-state index contributed by atoms with van der Waals surface area (Å²) in [5, 5.41) is 0. The predicted octanol–water partition coefficient (Wildman–Crippen LogP) is 1.70. The Morgan fingerprint density at radius 3 is 2.67 bits per heavy atom. The molecule has 0 aromatic heterocycles. The minimum absolute atomic E-state index is 0.158. The van der Waals surface area contributed by atoms with E-state index in [1.807, 2.05) is 0 Å². The van der Waals surface area contributed by atoms with Gasteiger partial charge in [0.05, 0.1) is 5.88 Å². The normalized spacial score (nSPS) is 11.1. The van der Waals surface area contributed by atoms with Crippen molar-refractivity contribution < 1.29 is 21.3 Å². The van der Waals surface area contributed by atoms with Gasteiger partial charge < -0.3 is 4.18 Å². The molecule has 0 saturated heterocycles. The molecule has 0 bridgehead atoms. The number of ketones is 1. The maximum Gasteiger partial charge on any atom is 0.488 e. The number of benzene rings is 1. The van der Waals surface area contributed by atoms with E-state index in [9.17, 15) is 17.1 Å². The van der Waals surface area contributed by atoms with E-state index in [1.165, 1.54) is 18.2 Å². The molecule has 1 aromatic carbocycles. The van der Waals surface area contributed by atoms with E-state index in [0.29, 0.717) is 0 Å². The van der Waals surface area contributed by atoms with Gasteiger partial charge in [-0.25, -0.2) is 0 Å². The van der Waals surface area contributed by atoms with Gasteiger partial charge in [0.2, 0.25) is 0 Å². The monoisotopic (exact) mass is 252 g/mol. The first kappa shape index (κ1) is 11.9. The second kappa shape index (κ2) is 4.59. The van der Waals surface area contributed by atoms with Crippen LogP contribution in [-0.4, -0.2) is 20.1 Å². The molecule has 4 nitrogen and oxygen atoms in total. The molecule has 1 rings (SSSR count). The summed E-state index contributed by atoms with van der Waals surface area (Å²) < 4.78 is 36.4. The molecule has 7 heteroatoms. The van der Waals surface area contributed by atoms with Crippen molar-refractivity contribution in [2.24, 2.45) is 0 Å². The van der Waals surface area contributed by atoms with Gasteiger partial charge >= 0.3 is 10.5 Å². The van der Waals surface area contributed by atoms with Crippen LogP contribution in [0.4, 0.5) is 3.89 Å². The molecule has 0 atom stereocenters. The first-order valence-electron chi connectivity index (χ1n) is 3.75. The van der Waals surface area contributed by atoms with Crippen molar-refractivity contribution >= 4 is 27.9 Å². The molecule has 0 fully saturated rings. The summed E-state index contributed by atoms with van der Waals surface area (Å²) in [6.45, 7) is 0. The Balaban J connectivity index is 2.98. The Kier molecular flexibility index (Phi) is 3.65. The van der Waals surface area contributed by atoms with Gasteiger partial charge in [-0.05, 0) is 12.1 Å². The highest BCUT2D eigenvalue weighted by molar-refractivity contribution is 7.81. The molecule has 0 amide bonds. The second-order valence-electron chi connectivity index (χ2n) is 2.56. The van der Waals surface area contributed by atoms with Crippen LogP contribution < -0.4 is 4.18 Å². The van der Waals surface area contributed by atoms with Gasteiger partial charge in [0.25, 0.3) is 0 Å². The van der Waals surface area contributed by atoms with Crippen molar-refractivity contribution in [3.05, 3.63) is 29.8 Å². The maximum absolute atomic E-state index is 12.1. The molecule has 15 heavy (non-hydrogen) atoms. The minimum atomic E-state index is -5.07. The van der Waals surface area contributed by atoms with Gasteiger partial charge in [-0.1, -0.05) is 16.0 Å². The van der Waals surface area contributed by atoms with Crippen LogP contribution in [-0.2, 0) is 10.5 Å². The minimum Gasteiger partial charge on any atom is -0.358 e. The Hall–Kier alpha value is -1.14. The zero-order valence-electron chi connectivity index (χ0n) is 7.31. The number of halogens is 2. The zero-order chi connectivity index (χ0) is 11.5. The molecule has 0 saturated carbocycles. The fourth-order valence-corrected chi connectivity index (χ4v) is 1.40. The molecular weight excluding hydrogens is 247 g/mol. The summed E-state index contributed by atoms with van der Waals surface area (Å²) in [6, 6.07) is 5.09. The first-order valence-corrected chi connectivity index (χ1v) is 5.60. The predicted molar refractivity (Wildman–Crippen MR) is 52.1 cm³/mol. The van der Waals surface area contributed by atoms with E-state index < -0.39 is 16.3 Å². The van der Waals surface area contributed by atoms with Crippen LogP contribution >= 0.6 is 11.6 Å². The quantitative estimate of drug-likeness (QED) is 0.465. The highest BCUT2D eigenvalue weighted by atomic mass is 35.5. The lowest BCUT2D eigenvalue weighted by Gasteiger charge is -2.01. The molecule has 0 spiro atoms. The van der Waals surface area contributed by atoms with Crippen molar-refractivity contribution in [3.63, 3.8) is 0 Å². The van der Waals surface area contributed by atoms with E-state index in [1.54, 1.807) is 0 Å². The summed E-state index contributed by atoms with van der Waals surface area (Å²) in [5.41, 5.74) is 0.158. The highest BCUT2D eigenvalue weighted by Crippen LogP contribution is 2.16. The van der Waals surface area contributed by atoms with Crippen LogP contribution in [0.25, 0.3) is 0 Å². The molecule has 1 aromatic rings. The van der Waals surface area contributed by atoms with Crippen LogP contribution in [0.15, 0.2) is 24.3 Å². The van der Waals surface area contributed by atoms with Gasteiger partial charge in [-0.15, -0.1) is 11.6 Å². The summed E-state index contributed by atoms with van der Waals surface area (Å²) in [7, 11) is -5.07. The highest BCUT2D eigenvalue weighted by Gasteiger charge is 2.11. The zero-order valence-corrected chi connectivity index (χ0v) is 8.89. The number of alkyl halides is 1. The lowest BCUT2D eigenvalue weighted by atomic mass is 10.1. The third kappa shape index (κ3) is 3.85. The van der Waals surface area contributed by atoms with Crippen molar-refractivity contribution in [1.82, 2.24) is 0 Å². The Morgan fingerprint density at radius 2 is 2.13 bits per heavy atom.